The third-order valence-corrected chi connectivity index (χ3v) is 3.24. The molecule has 0 saturated carbocycles. The van der Waals surface area contributed by atoms with E-state index in [9.17, 15) is 4.79 Å². The Morgan fingerprint density at radius 1 is 1.53 bits per heavy atom. The number of thioether (sulfide) groups is 1. The topological polar surface area (TPSA) is 72.5 Å². The van der Waals surface area contributed by atoms with Gasteiger partial charge in [-0.25, -0.2) is 0 Å². The zero-order valence-electron chi connectivity index (χ0n) is 9.76. The van der Waals surface area contributed by atoms with E-state index < -0.39 is 12.0 Å². The van der Waals surface area contributed by atoms with Crippen molar-refractivity contribution in [1.82, 2.24) is 0 Å². The van der Waals surface area contributed by atoms with Crippen LogP contribution in [0.15, 0.2) is 24.3 Å². The van der Waals surface area contributed by atoms with Crippen molar-refractivity contribution < 1.29 is 14.6 Å². The van der Waals surface area contributed by atoms with Gasteiger partial charge in [-0.3, -0.25) is 4.79 Å². The number of benzene rings is 1. The van der Waals surface area contributed by atoms with E-state index in [0.717, 1.165) is 17.1 Å². The predicted molar refractivity (Wildman–Crippen MR) is 69.6 cm³/mol. The van der Waals surface area contributed by atoms with Crippen molar-refractivity contribution in [3.05, 3.63) is 29.8 Å². The molecule has 94 valence electrons. The monoisotopic (exact) mass is 255 g/mol. The smallest absolute Gasteiger partial charge is 0.321 e. The molecule has 0 saturated heterocycles. The molecule has 1 rings (SSSR count). The summed E-state index contributed by atoms with van der Waals surface area (Å²) in [6.45, 7) is 2.55. The van der Waals surface area contributed by atoms with Gasteiger partial charge in [-0.15, -0.1) is 0 Å². The molecule has 3 N–H and O–H groups in total. The van der Waals surface area contributed by atoms with Gasteiger partial charge in [0, 0.05) is 11.5 Å². The molecule has 0 aromatic heterocycles. The van der Waals surface area contributed by atoms with Crippen LogP contribution in [0.1, 0.15) is 5.56 Å². The quantitative estimate of drug-likeness (QED) is 0.723. The molecule has 4 nitrogen and oxygen atoms in total. The maximum Gasteiger partial charge on any atom is 0.321 e. The van der Waals surface area contributed by atoms with E-state index in [1.165, 1.54) is 11.8 Å². The van der Waals surface area contributed by atoms with E-state index in [-0.39, 0.29) is 0 Å². The molecule has 0 heterocycles. The van der Waals surface area contributed by atoms with E-state index >= 15 is 0 Å². The maximum atomic E-state index is 10.5. The minimum atomic E-state index is -0.961. The highest BCUT2D eigenvalue weighted by atomic mass is 32.2. The number of carbonyl (C=O) groups is 1. The van der Waals surface area contributed by atoms with Gasteiger partial charge >= 0.3 is 5.97 Å². The number of ether oxygens (including phenoxy) is 1. The number of nitrogens with two attached hydrogens (primary N) is 1. The van der Waals surface area contributed by atoms with Crippen molar-refractivity contribution in [3.63, 3.8) is 0 Å². The number of para-hydroxylation sites is 1. The Morgan fingerprint density at radius 3 is 2.88 bits per heavy atom. The van der Waals surface area contributed by atoms with Gasteiger partial charge in [0.25, 0.3) is 0 Å². The summed E-state index contributed by atoms with van der Waals surface area (Å²) in [5.74, 6) is 1.05. The normalized spacial score (nSPS) is 12.1. The third-order valence-electron chi connectivity index (χ3n) is 2.19. The Labute approximate surface area is 105 Å². The van der Waals surface area contributed by atoms with Gasteiger partial charge < -0.3 is 15.6 Å². The predicted octanol–water partition coefficient (Wildman–Crippen LogP) is 1.52. The van der Waals surface area contributed by atoms with Crippen molar-refractivity contribution in [2.45, 2.75) is 13.0 Å². The summed E-state index contributed by atoms with van der Waals surface area (Å²) in [6.07, 6.45) is 0. The number of carboxylic acids is 1. The highest BCUT2D eigenvalue weighted by Gasteiger charge is 2.10. The molecule has 0 fully saturated rings. The first-order chi connectivity index (χ1) is 8.11. The molecule has 0 bridgehead atoms. The summed E-state index contributed by atoms with van der Waals surface area (Å²) in [6, 6.07) is 7.00. The molecule has 0 radical (unpaired) electrons. The Kier molecular flexibility index (Phi) is 5.86. The van der Waals surface area contributed by atoms with Crippen LogP contribution in [0.2, 0.25) is 0 Å². The second-order valence-electron chi connectivity index (χ2n) is 3.63. The number of hydrogen-bond acceptors (Lipinski definition) is 4. The molecule has 0 aliphatic carbocycles. The lowest BCUT2D eigenvalue weighted by atomic mass is 10.2. The van der Waals surface area contributed by atoms with E-state index in [4.69, 9.17) is 15.6 Å². The molecule has 1 aromatic rings. The van der Waals surface area contributed by atoms with Gasteiger partial charge in [0.1, 0.15) is 11.8 Å². The summed E-state index contributed by atoms with van der Waals surface area (Å²) in [5.41, 5.74) is 6.47. The Hall–Kier alpha value is -1.20. The van der Waals surface area contributed by atoms with Crippen LogP contribution in [0.25, 0.3) is 0 Å². The fourth-order valence-electron chi connectivity index (χ4n) is 1.21. The van der Waals surface area contributed by atoms with Crippen LogP contribution in [0.5, 0.6) is 5.75 Å². The van der Waals surface area contributed by atoms with Crippen LogP contribution in [0.4, 0.5) is 0 Å². The molecule has 0 spiro atoms. The van der Waals surface area contributed by atoms with Crippen LogP contribution < -0.4 is 10.5 Å². The molecular weight excluding hydrogens is 238 g/mol. The minimum Gasteiger partial charge on any atom is -0.492 e. The highest BCUT2D eigenvalue weighted by molar-refractivity contribution is 7.99. The molecule has 0 aliphatic rings. The lowest BCUT2D eigenvalue weighted by Gasteiger charge is -2.09. The average molecular weight is 255 g/mol. The minimum absolute atomic E-state index is 0.409. The van der Waals surface area contributed by atoms with Gasteiger partial charge in [0.15, 0.2) is 0 Å². The molecular formula is C12H17NO3S. The largest absolute Gasteiger partial charge is 0.492 e. The van der Waals surface area contributed by atoms with Crippen molar-refractivity contribution in [3.8, 4) is 5.75 Å². The summed E-state index contributed by atoms with van der Waals surface area (Å²) in [7, 11) is 0. The average Bonchev–Trinajstić information content (AvgIpc) is 2.30. The summed E-state index contributed by atoms with van der Waals surface area (Å²) < 4.78 is 5.57. The van der Waals surface area contributed by atoms with E-state index in [0.29, 0.717) is 12.4 Å². The summed E-state index contributed by atoms with van der Waals surface area (Å²) >= 11 is 1.48. The molecule has 5 heteroatoms. The van der Waals surface area contributed by atoms with Crippen LogP contribution in [0, 0.1) is 6.92 Å². The zero-order chi connectivity index (χ0) is 12.7. The summed E-state index contributed by atoms with van der Waals surface area (Å²) in [5, 5.41) is 8.58. The van der Waals surface area contributed by atoms with Gasteiger partial charge in [-0.1, -0.05) is 18.2 Å². The first-order valence-electron chi connectivity index (χ1n) is 5.36. The molecule has 1 atom stereocenters. The SMILES string of the molecule is Cc1ccccc1OCCSCC(N)C(=O)O. The van der Waals surface area contributed by atoms with Crippen molar-refractivity contribution in [2.75, 3.05) is 18.1 Å². The van der Waals surface area contributed by atoms with Crippen molar-refractivity contribution in [1.29, 1.82) is 0 Å². The second kappa shape index (κ2) is 7.19. The van der Waals surface area contributed by atoms with Crippen LogP contribution in [0.3, 0.4) is 0 Å². The van der Waals surface area contributed by atoms with E-state index in [2.05, 4.69) is 0 Å². The Balaban J connectivity index is 2.17. The first kappa shape index (κ1) is 13.9. The first-order valence-corrected chi connectivity index (χ1v) is 6.51. The molecule has 17 heavy (non-hydrogen) atoms. The zero-order valence-corrected chi connectivity index (χ0v) is 10.6. The van der Waals surface area contributed by atoms with Crippen molar-refractivity contribution >= 4 is 17.7 Å². The standard InChI is InChI=1S/C12H17NO3S/c1-9-4-2-3-5-11(9)16-6-7-17-8-10(13)12(14)15/h2-5,10H,6-8,13H2,1H3,(H,14,15). The molecule has 1 unspecified atom stereocenters. The molecule has 1 aromatic carbocycles. The Bertz CT molecular complexity index is 371. The molecule has 0 aliphatic heterocycles. The lowest BCUT2D eigenvalue weighted by Crippen LogP contribution is -2.32. The van der Waals surface area contributed by atoms with E-state index in [1.54, 1.807) is 0 Å². The fourth-order valence-corrected chi connectivity index (χ4v) is 1.97. The summed E-state index contributed by atoms with van der Waals surface area (Å²) in [4.78, 5) is 10.5. The van der Waals surface area contributed by atoms with Gasteiger partial charge in [0.2, 0.25) is 0 Å². The lowest BCUT2D eigenvalue weighted by molar-refractivity contribution is -0.137. The van der Waals surface area contributed by atoms with Gasteiger partial charge in [-0.2, -0.15) is 11.8 Å². The third kappa shape index (κ3) is 5.10. The fraction of sp³-hybridized carbons (Fsp3) is 0.417. The number of aliphatic carboxylic acids is 1. The highest BCUT2D eigenvalue weighted by Crippen LogP contribution is 2.16. The van der Waals surface area contributed by atoms with Gasteiger partial charge in [0.05, 0.1) is 6.61 Å². The van der Waals surface area contributed by atoms with Crippen LogP contribution in [-0.4, -0.2) is 35.2 Å². The van der Waals surface area contributed by atoms with Crippen LogP contribution >= 0.6 is 11.8 Å². The maximum absolute atomic E-state index is 10.5. The number of hydrogen-bond donors (Lipinski definition) is 2. The number of aryl methyl sites for hydroxylation is 1. The molecule has 0 amide bonds. The Morgan fingerprint density at radius 2 is 2.24 bits per heavy atom. The second-order valence-corrected chi connectivity index (χ2v) is 4.78. The van der Waals surface area contributed by atoms with Crippen molar-refractivity contribution in [2.24, 2.45) is 5.73 Å². The number of carboxylic acid groups (broad SMARTS) is 1. The van der Waals surface area contributed by atoms with E-state index in [1.807, 2.05) is 31.2 Å². The van der Waals surface area contributed by atoms with Crippen LogP contribution in [-0.2, 0) is 4.79 Å². The van der Waals surface area contributed by atoms with Gasteiger partial charge in [-0.05, 0) is 18.6 Å². The number of rotatable bonds is 7.